The van der Waals surface area contributed by atoms with Crippen LogP contribution in [0.4, 0.5) is 0 Å². The molecule has 0 aromatic rings. The SMILES string of the molecule is CC1CN(C(=O)C2CC3CCC2N3)C(C)CO1. The highest BCUT2D eigenvalue weighted by Crippen LogP contribution is 2.35. The molecule has 96 valence electrons. The number of rotatable bonds is 1. The van der Waals surface area contributed by atoms with Crippen molar-refractivity contribution < 1.29 is 9.53 Å². The fraction of sp³-hybridized carbons (Fsp3) is 0.923. The molecule has 0 aromatic heterocycles. The molecule has 3 heterocycles. The van der Waals surface area contributed by atoms with Crippen LogP contribution in [-0.2, 0) is 9.53 Å². The number of nitrogens with one attached hydrogen (secondary N) is 1. The number of hydrogen-bond acceptors (Lipinski definition) is 3. The average molecular weight is 238 g/mol. The van der Waals surface area contributed by atoms with Crippen LogP contribution >= 0.6 is 0 Å². The van der Waals surface area contributed by atoms with Crippen LogP contribution in [0.3, 0.4) is 0 Å². The highest BCUT2D eigenvalue weighted by molar-refractivity contribution is 5.80. The summed E-state index contributed by atoms with van der Waals surface area (Å²) in [5.74, 6) is 0.578. The summed E-state index contributed by atoms with van der Waals surface area (Å²) >= 11 is 0. The molecule has 1 N–H and O–H groups in total. The zero-order chi connectivity index (χ0) is 12.0. The van der Waals surface area contributed by atoms with Crippen molar-refractivity contribution in [3.8, 4) is 0 Å². The number of nitrogens with zero attached hydrogens (tertiary/aromatic N) is 1. The van der Waals surface area contributed by atoms with Gasteiger partial charge < -0.3 is 15.0 Å². The lowest BCUT2D eigenvalue weighted by molar-refractivity contribution is -0.148. The first kappa shape index (κ1) is 11.5. The second kappa shape index (κ2) is 4.25. The number of carbonyl (C=O) groups excluding carboxylic acids is 1. The van der Waals surface area contributed by atoms with Gasteiger partial charge in [-0.05, 0) is 33.1 Å². The third-order valence-corrected chi connectivity index (χ3v) is 4.51. The predicted molar refractivity (Wildman–Crippen MR) is 64.6 cm³/mol. The van der Waals surface area contributed by atoms with Gasteiger partial charge >= 0.3 is 0 Å². The van der Waals surface area contributed by atoms with E-state index in [9.17, 15) is 4.79 Å². The highest BCUT2D eigenvalue weighted by Gasteiger charge is 2.45. The Morgan fingerprint density at radius 2 is 2.18 bits per heavy atom. The first-order valence-corrected chi connectivity index (χ1v) is 6.83. The van der Waals surface area contributed by atoms with Gasteiger partial charge in [0.15, 0.2) is 0 Å². The second-order valence-corrected chi connectivity index (χ2v) is 5.87. The summed E-state index contributed by atoms with van der Waals surface area (Å²) in [5, 5.41) is 3.55. The summed E-state index contributed by atoms with van der Waals surface area (Å²) in [6.45, 7) is 5.57. The first-order valence-electron chi connectivity index (χ1n) is 6.83. The number of fused-ring (bicyclic) bond motifs is 2. The van der Waals surface area contributed by atoms with Gasteiger partial charge in [-0.15, -0.1) is 0 Å². The van der Waals surface area contributed by atoms with Crippen LogP contribution in [0.25, 0.3) is 0 Å². The standard InChI is InChI=1S/C13H22N2O2/c1-8-7-17-9(2)6-15(8)13(16)11-5-10-3-4-12(11)14-10/h8-12,14H,3-7H2,1-2H3. The lowest BCUT2D eigenvalue weighted by atomic mass is 9.87. The Morgan fingerprint density at radius 3 is 2.82 bits per heavy atom. The Bertz CT molecular complexity index is 321. The molecule has 17 heavy (non-hydrogen) atoms. The number of ether oxygens (including phenoxy) is 1. The zero-order valence-corrected chi connectivity index (χ0v) is 10.7. The molecule has 0 saturated carbocycles. The molecule has 0 spiro atoms. The largest absolute Gasteiger partial charge is 0.375 e. The van der Waals surface area contributed by atoms with Gasteiger partial charge in [0.05, 0.1) is 24.7 Å². The van der Waals surface area contributed by atoms with Crippen molar-refractivity contribution in [3.63, 3.8) is 0 Å². The molecule has 0 radical (unpaired) electrons. The van der Waals surface area contributed by atoms with Crippen LogP contribution in [0, 0.1) is 5.92 Å². The van der Waals surface area contributed by atoms with Gasteiger partial charge in [0.25, 0.3) is 0 Å². The van der Waals surface area contributed by atoms with E-state index >= 15 is 0 Å². The average Bonchev–Trinajstić information content (AvgIpc) is 2.93. The van der Waals surface area contributed by atoms with E-state index in [1.165, 1.54) is 12.8 Å². The molecule has 4 heteroatoms. The molecule has 5 atom stereocenters. The summed E-state index contributed by atoms with van der Waals surface area (Å²) in [6.07, 6.45) is 3.66. The maximum absolute atomic E-state index is 12.6. The van der Waals surface area contributed by atoms with E-state index < -0.39 is 0 Å². The second-order valence-electron chi connectivity index (χ2n) is 5.87. The van der Waals surface area contributed by atoms with Gasteiger partial charge in [0, 0.05) is 18.6 Å². The quantitative estimate of drug-likeness (QED) is 0.733. The van der Waals surface area contributed by atoms with Gasteiger partial charge in [0.2, 0.25) is 5.91 Å². The molecule has 3 aliphatic rings. The molecule has 0 aromatic carbocycles. The normalized spacial score (nSPS) is 45.3. The van der Waals surface area contributed by atoms with Crippen molar-refractivity contribution in [1.82, 2.24) is 10.2 Å². The van der Waals surface area contributed by atoms with Gasteiger partial charge in [-0.2, -0.15) is 0 Å². The Hall–Kier alpha value is -0.610. The van der Waals surface area contributed by atoms with Crippen molar-refractivity contribution in [2.24, 2.45) is 5.92 Å². The van der Waals surface area contributed by atoms with E-state index in [1.807, 2.05) is 11.8 Å². The van der Waals surface area contributed by atoms with E-state index in [0.717, 1.165) is 13.0 Å². The van der Waals surface area contributed by atoms with E-state index in [1.54, 1.807) is 0 Å². The van der Waals surface area contributed by atoms with Crippen molar-refractivity contribution >= 4 is 5.91 Å². The molecule has 1 amide bonds. The lowest BCUT2D eigenvalue weighted by Crippen LogP contribution is -2.53. The van der Waals surface area contributed by atoms with Crippen molar-refractivity contribution in [2.75, 3.05) is 13.2 Å². The van der Waals surface area contributed by atoms with Crippen LogP contribution in [0.5, 0.6) is 0 Å². The molecule has 2 bridgehead atoms. The van der Waals surface area contributed by atoms with Gasteiger partial charge in [0.1, 0.15) is 0 Å². The third-order valence-electron chi connectivity index (χ3n) is 4.51. The Kier molecular flexibility index (Phi) is 2.87. The smallest absolute Gasteiger partial charge is 0.227 e. The fourth-order valence-corrected chi connectivity index (χ4v) is 3.52. The summed E-state index contributed by atoms with van der Waals surface area (Å²) in [7, 11) is 0. The molecular formula is C13H22N2O2. The van der Waals surface area contributed by atoms with Crippen molar-refractivity contribution in [3.05, 3.63) is 0 Å². The molecule has 3 fully saturated rings. The topological polar surface area (TPSA) is 41.6 Å². The summed E-state index contributed by atoms with van der Waals surface area (Å²) in [5.41, 5.74) is 0. The number of hydrogen-bond donors (Lipinski definition) is 1. The predicted octanol–water partition coefficient (Wildman–Crippen LogP) is 0.763. The van der Waals surface area contributed by atoms with E-state index in [2.05, 4.69) is 12.2 Å². The minimum atomic E-state index is 0.182. The monoisotopic (exact) mass is 238 g/mol. The maximum Gasteiger partial charge on any atom is 0.227 e. The zero-order valence-electron chi connectivity index (χ0n) is 10.7. The van der Waals surface area contributed by atoms with Crippen LogP contribution in [0.1, 0.15) is 33.1 Å². The lowest BCUT2D eigenvalue weighted by Gasteiger charge is -2.39. The van der Waals surface area contributed by atoms with E-state index in [4.69, 9.17) is 4.74 Å². The van der Waals surface area contributed by atoms with Crippen LogP contribution in [0.2, 0.25) is 0 Å². The third kappa shape index (κ3) is 1.97. The minimum Gasteiger partial charge on any atom is -0.375 e. The highest BCUT2D eigenvalue weighted by atomic mass is 16.5. The summed E-state index contributed by atoms with van der Waals surface area (Å²) in [4.78, 5) is 14.6. The number of carbonyl (C=O) groups is 1. The summed E-state index contributed by atoms with van der Waals surface area (Å²) in [6, 6.07) is 1.28. The Morgan fingerprint density at radius 1 is 1.35 bits per heavy atom. The molecule has 5 unspecified atom stereocenters. The van der Waals surface area contributed by atoms with Crippen LogP contribution in [0.15, 0.2) is 0 Å². The Balaban J connectivity index is 1.69. The van der Waals surface area contributed by atoms with Crippen LogP contribution < -0.4 is 5.32 Å². The first-order chi connectivity index (χ1) is 8.15. The molecular weight excluding hydrogens is 216 g/mol. The molecule has 3 saturated heterocycles. The van der Waals surface area contributed by atoms with Crippen molar-refractivity contribution in [2.45, 2.75) is 57.3 Å². The molecule has 0 aliphatic carbocycles. The maximum atomic E-state index is 12.6. The van der Waals surface area contributed by atoms with Gasteiger partial charge in [-0.1, -0.05) is 0 Å². The van der Waals surface area contributed by atoms with E-state index in [0.29, 0.717) is 24.6 Å². The Labute approximate surface area is 103 Å². The van der Waals surface area contributed by atoms with Crippen LogP contribution in [-0.4, -0.2) is 48.2 Å². The van der Waals surface area contributed by atoms with E-state index in [-0.39, 0.29) is 18.1 Å². The molecule has 3 aliphatic heterocycles. The van der Waals surface area contributed by atoms with Gasteiger partial charge in [-0.25, -0.2) is 0 Å². The number of morpholine rings is 1. The van der Waals surface area contributed by atoms with Gasteiger partial charge in [-0.3, -0.25) is 4.79 Å². The fourth-order valence-electron chi connectivity index (χ4n) is 3.52. The van der Waals surface area contributed by atoms with Crippen molar-refractivity contribution in [1.29, 1.82) is 0 Å². The number of amides is 1. The summed E-state index contributed by atoms with van der Waals surface area (Å²) < 4.78 is 5.59. The molecule has 4 nitrogen and oxygen atoms in total. The minimum absolute atomic E-state index is 0.182. The molecule has 3 rings (SSSR count).